The second kappa shape index (κ2) is 5.19. The van der Waals surface area contributed by atoms with Gasteiger partial charge in [-0.25, -0.2) is 15.0 Å². The van der Waals surface area contributed by atoms with Crippen LogP contribution in [0.4, 0.5) is 5.82 Å². The zero-order valence-corrected chi connectivity index (χ0v) is 11.8. The standard InChI is InChI=1S/C12H18N6O3/c1-17(2)10-8-11(15-4-14-10)18(5-16-8)12-9(20)7(13)6(3-19)21-12/h4-7,9,12,19-20H,3,13H2,1-2H3/t6-,7+,9-,12-/m0/s1. The van der Waals surface area contributed by atoms with Crippen LogP contribution in [0.2, 0.25) is 0 Å². The van der Waals surface area contributed by atoms with E-state index in [4.69, 9.17) is 10.5 Å². The third kappa shape index (κ3) is 2.14. The zero-order chi connectivity index (χ0) is 15.1. The van der Waals surface area contributed by atoms with Crippen molar-refractivity contribution in [2.45, 2.75) is 24.5 Å². The van der Waals surface area contributed by atoms with E-state index in [1.807, 2.05) is 19.0 Å². The third-order valence-electron chi connectivity index (χ3n) is 3.65. The fraction of sp³-hybridized carbons (Fsp3) is 0.583. The molecule has 2 aromatic rings. The van der Waals surface area contributed by atoms with Gasteiger partial charge in [0.15, 0.2) is 23.2 Å². The predicted molar refractivity (Wildman–Crippen MR) is 74.6 cm³/mol. The third-order valence-corrected chi connectivity index (χ3v) is 3.65. The van der Waals surface area contributed by atoms with Gasteiger partial charge in [-0.15, -0.1) is 0 Å². The second-order valence-electron chi connectivity index (χ2n) is 5.23. The van der Waals surface area contributed by atoms with Crippen molar-refractivity contribution >= 4 is 17.0 Å². The molecule has 0 spiro atoms. The van der Waals surface area contributed by atoms with E-state index < -0.39 is 24.5 Å². The number of rotatable bonds is 3. The molecule has 1 aliphatic rings. The lowest BCUT2D eigenvalue weighted by Gasteiger charge is -2.17. The van der Waals surface area contributed by atoms with Crippen molar-refractivity contribution in [3.63, 3.8) is 0 Å². The predicted octanol–water partition coefficient (Wildman–Crippen LogP) is -1.53. The fourth-order valence-corrected chi connectivity index (χ4v) is 2.51. The van der Waals surface area contributed by atoms with Gasteiger partial charge >= 0.3 is 0 Å². The number of hydrogen-bond acceptors (Lipinski definition) is 8. The largest absolute Gasteiger partial charge is 0.394 e. The van der Waals surface area contributed by atoms with Crippen LogP contribution >= 0.6 is 0 Å². The molecule has 4 N–H and O–H groups in total. The second-order valence-corrected chi connectivity index (χ2v) is 5.23. The van der Waals surface area contributed by atoms with Crippen molar-refractivity contribution in [3.8, 4) is 0 Å². The highest BCUT2D eigenvalue weighted by atomic mass is 16.5. The fourth-order valence-electron chi connectivity index (χ4n) is 2.51. The highest BCUT2D eigenvalue weighted by Crippen LogP contribution is 2.31. The molecule has 21 heavy (non-hydrogen) atoms. The first-order valence-corrected chi connectivity index (χ1v) is 6.59. The van der Waals surface area contributed by atoms with E-state index in [1.165, 1.54) is 12.7 Å². The molecule has 1 saturated heterocycles. The van der Waals surface area contributed by atoms with Crippen LogP contribution in [-0.2, 0) is 4.74 Å². The molecule has 0 unspecified atom stereocenters. The summed E-state index contributed by atoms with van der Waals surface area (Å²) in [6, 6.07) is -0.660. The maximum absolute atomic E-state index is 10.2. The lowest BCUT2D eigenvalue weighted by Crippen LogP contribution is -2.41. The highest BCUT2D eigenvalue weighted by Gasteiger charge is 2.42. The number of nitrogens with two attached hydrogens (primary N) is 1. The molecule has 1 aliphatic heterocycles. The first kappa shape index (κ1) is 14.1. The molecule has 0 bridgehead atoms. The summed E-state index contributed by atoms with van der Waals surface area (Å²) in [4.78, 5) is 14.5. The molecule has 114 valence electrons. The van der Waals surface area contributed by atoms with Crippen LogP contribution in [0.3, 0.4) is 0 Å². The minimum atomic E-state index is -0.947. The van der Waals surface area contributed by atoms with E-state index in [0.29, 0.717) is 17.0 Å². The molecule has 9 heteroatoms. The molecule has 0 saturated carbocycles. The number of aromatic nitrogens is 4. The number of ether oxygens (including phenoxy) is 1. The van der Waals surface area contributed by atoms with Gasteiger partial charge in [0.1, 0.15) is 18.5 Å². The van der Waals surface area contributed by atoms with Crippen molar-refractivity contribution in [2.75, 3.05) is 25.6 Å². The quantitative estimate of drug-likeness (QED) is 0.623. The molecular weight excluding hydrogens is 276 g/mol. The van der Waals surface area contributed by atoms with Gasteiger partial charge < -0.3 is 25.6 Å². The van der Waals surface area contributed by atoms with Crippen molar-refractivity contribution in [1.82, 2.24) is 19.5 Å². The number of nitrogens with zero attached hydrogens (tertiary/aromatic N) is 5. The summed E-state index contributed by atoms with van der Waals surface area (Å²) >= 11 is 0. The summed E-state index contributed by atoms with van der Waals surface area (Å²) in [5.74, 6) is 0.675. The highest BCUT2D eigenvalue weighted by molar-refractivity contribution is 5.83. The van der Waals surface area contributed by atoms with Crippen LogP contribution in [0, 0.1) is 0 Å². The van der Waals surface area contributed by atoms with Crippen molar-refractivity contribution < 1.29 is 14.9 Å². The van der Waals surface area contributed by atoms with Crippen LogP contribution in [0.25, 0.3) is 11.2 Å². The summed E-state index contributed by atoms with van der Waals surface area (Å²) < 4.78 is 7.23. The summed E-state index contributed by atoms with van der Waals surface area (Å²) in [5.41, 5.74) is 7.00. The Morgan fingerprint density at radius 3 is 2.76 bits per heavy atom. The van der Waals surface area contributed by atoms with E-state index in [9.17, 15) is 10.2 Å². The Morgan fingerprint density at radius 2 is 2.14 bits per heavy atom. The number of aliphatic hydroxyl groups is 2. The lowest BCUT2D eigenvalue weighted by molar-refractivity contribution is -0.0488. The van der Waals surface area contributed by atoms with Crippen LogP contribution in [0.15, 0.2) is 12.7 Å². The molecule has 2 aromatic heterocycles. The van der Waals surface area contributed by atoms with Crippen molar-refractivity contribution in [2.24, 2.45) is 5.73 Å². The van der Waals surface area contributed by atoms with Crippen molar-refractivity contribution in [3.05, 3.63) is 12.7 Å². The molecular formula is C12H18N6O3. The first-order valence-electron chi connectivity index (χ1n) is 6.59. The average Bonchev–Trinajstić information content (AvgIpc) is 3.01. The Bertz CT molecular complexity index is 645. The Morgan fingerprint density at radius 1 is 1.38 bits per heavy atom. The lowest BCUT2D eigenvalue weighted by atomic mass is 10.1. The average molecular weight is 294 g/mol. The molecule has 3 heterocycles. The van der Waals surface area contributed by atoms with E-state index in [2.05, 4.69) is 15.0 Å². The van der Waals surface area contributed by atoms with Gasteiger partial charge in [0.25, 0.3) is 0 Å². The summed E-state index contributed by atoms with van der Waals surface area (Å²) in [7, 11) is 3.72. The minimum Gasteiger partial charge on any atom is -0.394 e. The van der Waals surface area contributed by atoms with Gasteiger partial charge in [0.05, 0.1) is 19.0 Å². The molecule has 3 rings (SSSR count). The number of anilines is 1. The Balaban J connectivity index is 2.04. The molecule has 0 aromatic carbocycles. The normalized spacial score (nSPS) is 29.2. The van der Waals surface area contributed by atoms with Gasteiger partial charge in [0, 0.05) is 14.1 Å². The minimum absolute atomic E-state index is 0.251. The van der Waals surface area contributed by atoms with E-state index in [1.54, 1.807) is 4.57 Å². The Labute approximate surface area is 121 Å². The summed E-state index contributed by atoms with van der Waals surface area (Å²) in [6.07, 6.45) is 0.676. The molecule has 9 nitrogen and oxygen atoms in total. The number of aliphatic hydroxyl groups excluding tert-OH is 2. The molecule has 0 aliphatic carbocycles. The SMILES string of the molecule is CN(C)c1ncnc2c1ncn2[C@H]1O[C@@H](CO)[C@@H](N)[C@@H]1O. The van der Waals surface area contributed by atoms with Crippen LogP contribution < -0.4 is 10.6 Å². The maximum atomic E-state index is 10.2. The number of hydrogen-bond donors (Lipinski definition) is 3. The van der Waals surface area contributed by atoms with Crippen LogP contribution in [-0.4, -0.2) is 68.7 Å². The van der Waals surface area contributed by atoms with Gasteiger partial charge in [-0.2, -0.15) is 0 Å². The topological polar surface area (TPSA) is 123 Å². The van der Waals surface area contributed by atoms with E-state index in [-0.39, 0.29) is 6.61 Å². The first-order chi connectivity index (χ1) is 10.0. The van der Waals surface area contributed by atoms with Crippen LogP contribution in [0.1, 0.15) is 6.23 Å². The maximum Gasteiger partial charge on any atom is 0.167 e. The van der Waals surface area contributed by atoms with Gasteiger partial charge in [-0.05, 0) is 0 Å². The summed E-state index contributed by atoms with van der Waals surface area (Å²) in [6.45, 7) is -0.251. The van der Waals surface area contributed by atoms with Gasteiger partial charge in [0.2, 0.25) is 0 Å². The smallest absolute Gasteiger partial charge is 0.167 e. The van der Waals surface area contributed by atoms with E-state index >= 15 is 0 Å². The van der Waals surface area contributed by atoms with Crippen molar-refractivity contribution in [1.29, 1.82) is 0 Å². The summed E-state index contributed by atoms with van der Waals surface area (Å²) in [5, 5.41) is 19.4. The molecule has 0 amide bonds. The molecule has 4 atom stereocenters. The monoisotopic (exact) mass is 294 g/mol. The Kier molecular flexibility index (Phi) is 3.49. The van der Waals surface area contributed by atoms with E-state index in [0.717, 1.165) is 0 Å². The Hall–Kier alpha value is -1.81. The zero-order valence-electron chi connectivity index (χ0n) is 11.8. The number of fused-ring (bicyclic) bond motifs is 1. The molecule has 0 radical (unpaired) electrons. The number of imidazole rings is 1. The molecule has 1 fully saturated rings. The van der Waals surface area contributed by atoms with Gasteiger partial charge in [-0.3, -0.25) is 4.57 Å². The van der Waals surface area contributed by atoms with Crippen LogP contribution in [0.5, 0.6) is 0 Å². The van der Waals surface area contributed by atoms with Gasteiger partial charge in [-0.1, -0.05) is 0 Å².